The highest BCUT2D eigenvalue weighted by atomic mass is 16.2. The summed E-state index contributed by atoms with van der Waals surface area (Å²) in [7, 11) is 0. The van der Waals surface area contributed by atoms with E-state index >= 15 is 0 Å². The van der Waals surface area contributed by atoms with Crippen LogP contribution in [-0.2, 0) is 22.4 Å². The fourth-order valence-electron chi connectivity index (χ4n) is 5.81. The van der Waals surface area contributed by atoms with Crippen LogP contribution in [-0.4, -0.2) is 68.7 Å². The van der Waals surface area contributed by atoms with Crippen molar-refractivity contribution in [1.29, 1.82) is 0 Å². The van der Waals surface area contributed by atoms with E-state index in [4.69, 9.17) is 0 Å². The molecule has 4 amide bonds. The van der Waals surface area contributed by atoms with Crippen molar-refractivity contribution in [2.45, 2.75) is 44.2 Å². The van der Waals surface area contributed by atoms with Crippen molar-refractivity contribution in [1.82, 2.24) is 41.2 Å². The number of rotatable bonds is 16. The standard InChI is InChI=1S/C41H40N8O4/c50-38(34(24-28-14-4-1-5-15-28)48-40(52)36-26-44-30-18-8-10-20-32(30)46-36)42-22-12-3-13-23-43-39(51)35(25-29-16-6-2-7-17-29)49-41(53)37-27-45-31-19-9-11-21-33(31)47-37/h1-2,4-11,14-21,26-27,34-35H,3,12-13,22-25H2,(H,42,50)(H,43,51)(H,48,52)(H,49,53). The molecule has 0 aliphatic carbocycles. The normalized spacial score (nSPS) is 12.1. The van der Waals surface area contributed by atoms with Crippen molar-refractivity contribution in [3.63, 3.8) is 0 Å². The second kappa shape index (κ2) is 18.1. The average Bonchev–Trinajstić information content (AvgIpc) is 3.20. The molecule has 0 radical (unpaired) electrons. The summed E-state index contributed by atoms with van der Waals surface area (Å²) in [6, 6.07) is 31.8. The molecule has 53 heavy (non-hydrogen) atoms. The zero-order valence-electron chi connectivity index (χ0n) is 29.1. The number of aromatic nitrogens is 4. The van der Waals surface area contributed by atoms with Crippen molar-refractivity contribution < 1.29 is 19.2 Å². The molecule has 0 fully saturated rings. The van der Waals surface area contributed by atoms with Gasteiger partial charge in [-0.25, -0.2) is 9.97 Å². The number of amides is 4. The molecule has 0 aliphatic heterocycles. The van der Waals surface area contributed by atoms with E-state index in [0.717, 1.165) is 17.5 Å². The van der Waals surface area contributed by atoms with Crippen LogP contribution in [0.15, 0.2) is 122 Å². The van der Waals surface area contributed by atoms with Gasteiger partial charge in [0.05, 0.1) is 34.5 Å². The van der Waals surface area contributed by atoms with E-state index in [0.29, 0.717) is 60.8 Å². The molecule has 0 saturated carbocycles. The predicted octanol–water partition coefficient (Wildman–Crippen LogP) is 4.36. The van der Waals surface area contributed by atoms with Crippen LogP contribution in [0.25, 0.3) is 22.1 Å². The summed E-state index contributed by atoms with van der Waals surface area (Å²) in [5, 5.41) is 11.6. The minimum atomic E-state index is -0.824. The van der Waals surface area contributed by atoms with Gasteiger partial charge in [0.25, 0.3) is 11.8 Å². The van der Waals surface area contributed by atoms with Gasteiger partial charge in [0.15, 0.2) is 0 Å². The summed E-state index contributed by atoms with van der Waals surface area (Å²) >= 11 is 0. The maximum Gasteiger partial charge on any atom is 0.272 e. The van der Waals surface area contributed by atoms with Gasteiger partial charge in [-0.3, -0.25) is 29.1 Å². The Balaban J connectivity index is 0.982. The number of carbonyl (C=O) groups excluding carboxylic acids is 4. The van der Waals surface area contributed by atoms with Crippen molar-refractivity contribution in [3.8, 4) is 0 Å². The third-order valence-electron chi connectivity index (χ3n) is 8.62. The van der Waals surface area contributed by atoms with Gasteiger partial charge in [0, 0.05) is 25.9 Å². The molecular formula is C41H40N8O4. The number of fused-ring (bicyclic) bond motifs is 2. The van der Waals surface area contributed by atoms with Crippen molar-refractivity contribution in [2.75, 3.05) is 13.1 Å². The number of nitrogens with zero attached hydrogens (tertiary/aromatic N) is 4. The van der Waals surface area contributed by atoms with Gasteiger partial charge >= 0.3 is 0 Å². The SMILES string of the molecule is O=C(NC(Cc1ccccc1)C(=O)NCCCCCNC(=O)C(Cc1ccccc1)NC(=O)c1cnc2ccccc2n1)c1cnc2ccccc2n1. The Bertz CT molecular complexity index is 2030. The van der Waals surface area contributed by atoms with E-state index in [2.05, 4.69) is 41.2 Å². The van der Waals surface area contributed by atoms with Crippen LogP contribution in [0.2, 0.25) is 0 Å². The summed E-state index contributed by atoms with van der Waals surface area (Å²) in [6.45, 7) is 0.784. The number of hydrogen-bond acceptors (Lipinski definition) is 8. The number of carbonyl (C=O) groups is 4. The van der Waals surface area contributed by atoms with E-state index in [1.54, 1.807) is 12.1 Å². The van der Waals surface area contributed by atoms with Crippen LogP contribution in [0.5, 0.6) is 0 Å². The van der Waals surface area contributed by atoms with Gasteiger partial charge in [-0.2, -0.15) is 0 Å². The first-order chi connectivity index (χ1) is 25.9. The molecule has 2 aromatic heterocycles. The Labute approximate surface area is 306 Å². The quantitative estimate of drug-likeness (QED) is 0.108. The highest BCUT2D eigenvalue weighted by Gasteiger charge is 2.24. The van der Waals surface area contributed by atoms with Crippen molar-refractivity contribution in [3.05, 3.63) is 144 Å². The highest BCUT2D eigenvalue weighted by molar-refractivity contribution is 5.98. The zero-order valence-corrected chi connectivity index (χ0v) is 29.1. The van der Waals surface area contributed by atoms with Gasteiger partial charge in [0.1, 0.15) is 23.5 Å². The molecule has 0 bridgehead atoms. The van der Waals surface area contributed by atoms with E-state index < -0.39 is 23.9 Å². The number of nitrogens with one attached hydrogen (secondary N) is 4. The van der Waals surface area contributed by atoms with E-state index in [1.807, 2.05) is 97.1 Å². The van der Waals surface area contributed by atoms with Crippen molar-refractivity contribution in [2.24, 2.45) is 0 Å². The van der Waals surface area contributed by atoms with Crippen LogP contribution in [0.4, 0.5) is 0 Å². The van der Waals surface area contributed by atoms with Crippen LogP contribution in [0, 0.1) is 0 Å². The summed E-state index contributed by atoms with van der Waals surface area (Å²) < 4.78 is 0. The molecule has 2 unspecified atom stereocenters. The predicted molar refractivity (Wildman–Crippen MR) is 202 cm³/mol. The Hall–Kier alpha value is -6.56. The zero-order chi connectivity index (χ0) is 36.8. The molecule has 0 aliphatic rings. The van der Waals surface area contributed by atoms with E-state index in [1.165, 1.54) is 12.4 Å². The lowest BCUT2D eigenvalue weighted by Gasteiger charge is -2.19. The summed E-state index contributed by atoms with van der Waals surface area (Å²) in [4.78, 5) is 70.5. The third kappa shape index (κ3) is 10.3. The molecule has 6 aromatic rings. The molecular weight excluding hydrogens is 669 g/mol. The lowest BCUT2D eigenvalue weighted by Crippen LogP contribution is -2.48. The second-order valence-corrected chi connectivity index (χ2v) is 12.6. The minimum absolute atomic E-state index is 0.129. The van der Waals surface area contributed by atoms with Crippen molar-refractivity contribution >= 4 is 45.7 Å². The maximum atomic E-state index is 13.3. The molecule has 4 N–H and O–H groups in total. The maximum absolute atomic E-state index is 13.3. The topological polar surface area (TPSA) is 168 Å². The average molecular weight is 709 g/mol. The summed E-state index contributed by atoms with van der Waals surface area (Å²) in [5.74, 6) is -1.58. The fourth-order valence-corrected chi connectivity index (χ4v) is 5.81. The first-order valence-electron chi connectivity index (χ1n) is 17.6. The van der Waals surface area contributed by atoms with Gasteiger partial charge < -0.3 is 21.3 Å². The summed E-state index contributed by atoms with van der Waals surface area (Å²) in [6.07, 6.45) is 5.48. The molecule has 12 nitrogen and oxygen atoms in total. The van der Waals surface area contributed by atoms with E-state index in [9.17, 15) is 19.2 Å². The Morgan fingerprint density at radius 3 is 1.26 bits per heavy atom. The number of hydrogen-bond donors (Lipinski definition) is 4. The minimum Gasteiger partial charge on any atom is -0.354 e. The third-order valence-corrected chi connectivity index (χ3v) is 8.62. The van der Waals surface area contributed by atoms with Gasteiger partial charge in [-0.05, 0) is 54.7 Å². The molecule has 2 atom stereocenters. The van der Waals surface area contributed by atoms with E-state index in [-0.39, 0.29) is 23.2 Å². The molecule has 0 spiro atoms. The summed E-state index contributed by atoms with van der Waals surface area (Å²) in [5.41, 5.74) is 4.59. The second-order valence-electron chi connectivity index (χ2n) is 12.6. The molecule has 4 aromatic carbocycles. The first kappa shape index (κ1) is 36.2. The Morgan fingerprint density at radius 1 is 0.472 bits per heavy atom. The molecule has 268 valence electrons. The molecule has 12 heteroatoms. The van der Waals surface area contributed by atoms with Crippen LogP contribution < -0.4 is 21.3 Å². The lowest BCUT2D eigenvalue weighted by molar-refractivity contribution is -0.123. The fraction of sp³-hybridized carbons (Fsp3) is 0.220. The Morgan fingerprint density at radius 2 is 0.849 bits per heavy atom. The molecule has 2 heterocycles. The molecule has 0 saturated heterocycles. The largest absolute Gasteiger partial charge is 0.354 e. The number of unbranched alkanes of at least 4 members (excludes halogenated alkanes) is 2. The lowest BCUT2D eigenvalue weighted by atomic mass is 10.0. The van der Waals surface area contributed by atoms with Gasteiger partial charge in [-0.1, -0.05) is 84.9 Å². The monoisotopic (exact) mass is 708 g/mol. The highest BCUT2D eigenvalue weighted by Crippen LogP contribution is 2.12. The number of benzene rings is 4. The van der Waals surface area contributed by atoms with Crippen LogP contribution in [0.1, 0.15) is 51.4 Å². The van der Waals surface area contributed by atoms with Crippen LogP contribution >= 0.6 is 0 Å². The van der Waals surface area contributed by atoms with Crippen LogP contribution in [0.3, 0.4) is 0 Å². The smallest absolute Gasteiger partial charge is 0.272 e. The molecule has 6 rings (SSSR count). The first-order valence-corrected chi connectivity index (χ1v) is 17.6. The van der Waals surface area contributed by atoms with Gasteiger partial charge in [0.2, 0.25) is 11.8 Å². The Kier molecular flexibility index (Phi) is 12.4. The van der Waals surface area contributed by atoms with Gasteiger partial charge in [-0.15, -0.1) is 0 Å². The number of para-hydroxylation sites is 4.